The molecule has 0 spiro atoms. The molecular formula is C16H12Cl2FNO3. The largest absolute Gasteiger partial charge is 0.452 e. The van der Waals surface area contributed by atoms with Crippen molar-refractivity contribution in [2.24, 2.45) is 0 Å². The smallest absolute Gasteiger partial charge is 0.340 e. The van der Waals surface area contributed by atoms with Crippen LogP contribution in [-0.2, 0) is 16.1 Å². The van der Waals surface area contributed by atoms with Crippen LogP contribution in [0.15, 0.2) is 42.5 Å². The summed E-state index contributed by atoms with van der Waals surface area (Å²) >= 11 is 11.6. The van der Waals surface area contributed by atoms with E-state index < -0.39 is 24.3 Å². The number of hydrogen-bond donors (Lipinski definition) is 1. The summed E-state index contributed by atoms with van der Waals surface area (Å²) in [5.74, 6) is -1.74. The number of ether oxygens (including phenoxy) is 1. The monoisotopic (exact) mass is 355 g/mol. The lowest BCUT2D eigenvalue weighted by Crippen LogP contribution is -2.28. The minimum atomic E-state index is -0.765. The molecule has 120 valence electrons. The van der Waals surface area contributed by atoms with Crippen LogP contribution in [0.4, 0.5) is 4.39 Å². The van der Waals surface area contributed by atoms with Gasteiger partial charge in [0.15, 0.2) is 6.61 Å². The zero-order chi connectivity index (χ0) is 16.8. The zero-order valence-electron chi connectivity index (χ0n) is 11.8. The number of carbonyl (C=O) groups excluding carboxylic acids is 2. The fourth-order valence-electron chi connectivity index (χ4n) is 1.75. The first-order chi connectivity index (χ1) is 11.0. The topological polar surface area (TPSA) is 55.4 Å². The second kappa shape index (κ2) is 7.94. The first-order valence-electron chi connectivity index (χ1n) is 6.59. The van der Waals surface area contributed by atoms with Crippen LogP contribution in [0.25, 0.3) is 0 Å². The number of carbonyl (C=O) groups is 2. The van der Waals surface area contributed by atoms with Crippen LogP contribution in [0, 0.1) is 5.82 Å². The van der Waals surface area contributed by atoms with Gasteiger partial charge in [0.05, 0.1) is 10.6 Å². The van der Waals surface area contributed by atoms with Crippen molar-refractivity contribution in [1.82, 2.24) is 5.32 Å². The highest BCUT2D eigenvalue weighted by molar-refractivity contribution is 6.35. The molecule has 0 atom stereocenters. The van der Waals surface area contributed by atoms with Crippen LogP contribution in [0.1, 0.15) is 15.9 Å². The summed E-state index contributed by atoms with van der Waals surface area (Å²) in [6, 6.07) is 10.4. The molecule has 0 radical (unpaired) electrons. The van der Waals surface area contributed by atoms with Gasteiger partial charge in [0.2, 0.25) is 0 Å². The van der Waals surface area contributed by atoms with Crippen LogP contribution < -0.4 is 5.32 Å². The van der Waals surface area contributed by atoms with Crippen LogP contribution in [0.5, 0.6) is 0 Å². The van der Waals surface area contributed by atoms with Crippen molar-refractivity contribution >= 4 is 35.1 Å². The molecule has 0 aliphatic rings. The first kappa shape index (κ1) is 17.2. The minimum absolute atomic E-state index is 0.000971. The van der Waals surface area contributed by atoms with Crippen molar-refractivity contribution in [1.29, 1.82) is 0 Å². The summed E-state index contributed by atoms with van der Waals surface area (Å²) in [5, 5.41) is 2.95. The number of esters is 1. The minimum Gasteiger partial charge on any atom is -0.452 e. The Morgan fingerprint density at radius 1 is 1.13 bits per heavy atom. The second-order valence-electron chi connectivity index (χ2n) is 4.57. The average Bonchev–Trinajstić information content (AvgIpc) is 2.54. The van der Waals surface area contributed by atoms with Gasteiger partial charge in [-0.1, -0.05) is 41.4 Å². The average molecular weight is 356 g/mol. The van der Waals surface area contributed by atoms with E-state index in [1.54, 1.807) is 18.2 Å². The van der Waals surface area contributed by atoms with Gasteiger partial charge in [-0.05, 0) is 24.3 Å². The maximum atomic E-state index is 13.4. The Kier molecular flexibility index (Phi) is 5.96. The Balaban J connectivity index is 1.86. The highest BCUT2D eigenvalue weighted by Crippen LogP contribution is 2.21. The predicted molar refractivity (Wildman–Crippen MR) is 85.0 cm³/mol. The highest BCUT2D eigenvalue weighted by atomic mass is 35.5. The third-order valence-electron chi connectivity index (χ3n) is 2.92. The molecule has 0 bridgehead atoms. The summed E-state index contributed by atoms with van der Waals surface area (Å²) in [6.45, 7) is -0.503. The molecule has 4 nitrogen and oxygen atoms in total. The van der Waals surface area contributed by atoms with Gasteiger partial charge in [0.1, 0.15) is 5.82 Å². The molecule has 0 aromatic heterocycles. The summed E-state index contributed by atoms with van der Waals surface area (Å²) in [4.78, 5) is 23.5. The van der Waals surface area contributed by atoms with Gasteiger partial charge in [-0.2, -0.15) is 0 Å². The Morgan fingerprint density at radius 2 is 1.87 bits per heavy atom. The van der Waals surface area contributed by atoms with E-state index in [1.807, 2.05) is 0 Å². The molecule has 23 heavy (non-hydrogen) atoms. The fraction of sp³-hybridized carbons (Fsp3) is 0.125. The molecule has 1 amide bonds. The molecule has 0 saturated heterocycles. The number of nitrogens with one attached hydrogen (secondary N) is 1. The molecule has 0 saturated carbocycles. The van der Waals surface area contributed by atoms with Crippen molar-refractivity contribution in [2.45, 2.75) is 6.54 Å². The van der Waals surface area contributed by atoms with Gasteiger partial charge in [-0.15, -0.1) is 0 Å². The molecule has 0 fully saturated rings. The number of rotatable bonds is 5. The normalized spacial score (nSPS) is 10.2. The lowest BCUT2D eigenvalue weighted by molar-refractivity contribution is -0.124. The van der Waals surface area contributed by atoms with E-state index in [0.717, 1.165) is 0 Å². The first-order valence-corrected chi connectivity index (χ1v) is 7.35. The van der Waals surface area contributed by atoms with E-state index >= 15 is 0 Å². The third kappa shape index (κ3) is 4.94. The molecule has 2 aromatic carbocycles. The molecule has 2 aromatic rings. The Hall–Kier alpha value is -2.11. The van der Waals surface area contributed by atoms with Gasteiger partial charge in [-0.25, -0.2) is 9.18 Å². The lowest BCUT2D eigenvalue weighted by Gasteiger charge is -2.08. The van der Waals surface area contributed by atoms with Gasteiger partial charge in [-0.3, -0.25) is 4.79 Å². The summed E-state index contributed by atoms with van der Waals surface area (Å²) < 4.78 is 18.3. The van der Waals surface area contributed by atoms with Crippen molar-refractivity contribution in [3.05, 3.63) is 69.5 Å². The Labute approximate surface area is 142 Å². The van der Waals surface area contributed by atoms with Gasteiger partial charge >= 0.3 is 5.97 Å². The van der Waals surface area contributed by atoms with E-state index in [-0.39, 0.29) is 17.1 Å². The van der Waals surface area contributed by atoms with Gasteiger partial charge in [0.25, 0.3) is 5.91 Å². The summed E-state index contributed by atoms with van der Waals surface area (Å²) in [6.07, 6.45) is 0. The fourth-order valence-corrected chi connectivity index (χ4v) is 2.12. The number of halogens is 3. The highest BCUT2D eigenvalue weighted by Gasteiger charge is 2.14. The predicted octanol–water partition coefficient (Wildman–Crippen LogP) is 3.61. The third-order valence-corrected chi connectivity index (χ3v) is 3.48. The zero-order valence-corrected chi connectivity index (χ0v) is 13.3. The van der Waals surface area contributed by atoms with Crippen molar-refractivity contribution in [3.8, 4) is 0 Å². The van der Waals surface area contributed by atoms with Crippen LogP contribution in [-0.4, -0.2) is 18.5 Å². The SMILES string of the molecule is O=C(COC(=O)c1cc(Cl)ccc1Cl)NCc1ccccc1F. The Morgan fingerprint density at radius 3 is 2.61 bits per heavy atom. The maximum Gasteiger partial charge on any atom is 0.340 e. The van der Waals surface area contributed by atoms with E-state index in [4.69, 9.17) is 27.9 Å². The van der Waals surface area contributed by atoms with Crippen LogP contribution >= 0.6 is 23.2 Å². The molecule has 2 rings (SSSR count). The maximum absolute atomic E-state index is 13.4. The molecule has 0 unspecified atom stereocenters. The molecule has 0 aliphatic heterocycles. The van der Waals surface area contributed by atoms with Crippen molar-refractivity contribution in [2.75, 3.05) is 6.61 Å². The number of amides is 1. The molecule has 1 N–H and O–H groups in total. The quantitative estimate of drug-likeness (QED) is 0.833. The Bertz CT molecular complexity index is 737. The van der Waals surface area contributed by atoms with Crippen LogP contribution in [0.3, 0.4) is 0 Å². The summed E-state index contributed by atoms with van der Waals surface area (Å²) in [5.41, 5.74) is 0.408. The van der Waals surface area contributed by atoms with E-state index in [2.05, 4.69) is 5.32 Å². The van der Waals surface area contributed by atoms with E-state index in [1.165, 1.54) is 24.3 Å². The lowest BCUT2D eigenvalue weighted by atomic mass is 10.2. The summed E-state index contributed by atoms with van der Waals surface area (Å²) in [7, 11) is 0. The van der Waals surface area contributed by atoms with E-state index in [0.29, 0.717) is 10.6 Å². The van der Waals surface area contributed by atoms with Crippen molar-refractivity contribution < 1.29 is 18.7 Å². The molecule has 0 heterocycles. The standard InChI is InChI=1S/C16H12Cl2FNO3/c17-11-5-6-13(18)12(7-11)16(22)23-9-15(21)20-8-10-3-1-2-4-14(10)19/h1-7H,8-9H2,(H,20,21). The number of hydrogen-bond acceptors (Lipinski definition) is 3. The second-order valence-corrected chi connectivity index (χ2v) is 5.41. The van der Waals surface area contributed by atoms with Gasteiger partial charge < -0.3 is 10.1 Å². The molecular weight excluding hydrogens is 344 g/mol. The van der Waals surface area contributed by atoms with E-state index in [9.17, 15) is 14.0 Å². The molecule has 7 heteroatoms. The van der Waals surface area contributed by atoms with Gasteiger partial charge in [0, 0.05) is 17.1 Å². The van der Waals surface area contributed by atoms with Crippen molar-refractivity contribution in [3.63, 3.8) is 0 Å². The molecule has 0 aliphatic carbocycles. The van der Waals surface area contributed by atoms with Crippen LogP contribution in [0.2, 0.25) is 10.0 Å². The number of benzene rings is 2.